The van der Waals surface area contributed by atoms with E-state index in [0.29, 0.717) is 30.8 Å². The van der Waals surface area contributed by atoms with E-state index >= 15 is 0 Å². The quantitative estimate of drug-likeness (QED) is 0.723. The molecular formula is C25H31N3O4. The molecule has 0 bridgehead atoms. The number of para-hydroxylation sites is 1. The van der Waals surface area contributed by atoms with Crippen LogP contribution in [0.4, 0.5) is 16.2 Å². The molecule has 3 amide bonds. The number of hydrogen-bond donors (Lipinski definition) is 1. The smallest absolute Gasteiger partial charge is 0.421 e. The van der Waals surface area contributed by atoms with Gasteiger partial charge in [-0.15, -0.1) is 0 Å². The van der Waals surface area contributed by atoms with Gasteiger partial charge < -0.3 is 9.64 Å². The first-order chi connectivity index (χ1) is 15.1. The first-order valence-corrected chi connectivity index (χ1v) is 10.8. The fourth-order valence-electron chi connectivity index (χ4n) is 3.65. The maximum atomic E-state index is 13.7. The number of hydrogen-bond acceptors (Lipinski definition) is 5. The molecule has 1 atom stereocenters. The molecule has 0 saturated heterocycles. The predicted octanol–water partition coefficient (Wildman–Crippen LogP) is 3.83. The van der Waals surface area contributed by atoms with Crippen LogP contribution in [0.3, 0.4) is 0 Å². The van der Waals surface area contributed by atoms with E-state index < -0.39 is 29.6 Å². The minimum absolute atomic E-state index is 0.437. The van der Waals surface area contributed by atoms with E-state index in [1.54, 1.807) is 40.0 Å². The summed E-state index contributed by atoms with van der Waals surface area (Å²) in [5, 5.41) is 3.07. The van der Waals surface area contributed by atoms with Crippen LogP contribution in [0.25, 0.3) is 0 Å². The third kappa shape index (κ3) is 5.34. The Hall–Kier alpha value is -3.19. The third-order valence-corrected chi connectivity index (χ3v) is 5.21. The summed E-state index contributed by atoms with van der Waals surface area (Å²) in [5.74, 6) is -1.09. The highest BCUT2D eigenvalue weighted by molar-refractivity contribution is 6.23. The molecule has 1 heterocycles. The molecule has 0 saturated carbocycles. The molecule has 3 rings (SSSR count). The first kappa shape index (κ1) is 23.5. The zero-order valence-electron chi connectivity index (χ0n) is 19.3. The number of likely N-dealkylation sites (N-methyl/N-ethyl adjacent to an activating group) is 1. The number of aryl methyl sites for hydroxylation is 2. The summed E-state index contributed by atoms with van der Waals surface area (Å²) in [6, 6.07) is 13.5. The topological polar surface area (TPSA) is 79.0 Å². The molecule has 2 aromatic carbocycles. The van der Waals surface area contributed by atoms with E-state index in [4.69, 9.17) is 4.74 Å². The van der Waals surface area contributed by atoms with Crippen LogP contribution in [0, 0.1) is 6.92 Å². The van der Waals surface area contributed by atoms with E-state index in [0.717, 1.165) is 16.0 Å². The number of carbonyl (C=O) groups is 3. The van der Waals surface area contributed by atoms with Crippen LogP contribution in [0.2, 0.25) is 0 Å². The Kier molecular flexibility index (Phi) is 6.99. The first-order valence-electron chi connectivity index (χ1n) is 10.8. The van der Waals surface area contributed by atoms with Crippen molar-refractivity contribution in [3.05, 3.63) is 59.7 Å². The van der Waals surface area contributed by atoms with Crippen molar-refractivity contribution in [1.29, 1.82) is 0 Å². The Morgan fingerprint density at radius 3 is 2.53 bits per heavy atom. The SMILES string of the molecule is Cc1cccc(N(C)C(=O)C2NCCCc3ccccc3N(C(=O)OC(C)(C)C)C2=O)c1. The number of carbonyl (C=O) groups excluding carboxylic acids is 3. The minimum Gasteiger partial charge on any atom is -0.443 e. The molecule has 170 valence electrons. The van der Waals surface area contributed by atoms with Gasteiger partial charge in [0.25, 0.3) is 11.8 Å². The summed E-state index contributed by atoms with van der Waals surface area (Å²) in [6.45, 7) is 7.62. The Morgan fingerprint density at radius 2 is 1.84 bits per heavy atom. The van der Waals surface area contributed by atoms with Crippen molar-refractivity contribution < 1.29 is 19.1 Å². The zero-order chi connectivity index (χ0) is 23.5. The number of nitrogens with zero attached hydrogens (tertiary/aromatic N) is 2. The van der Waals surface area contributed by atoms with Gasteiger partial charge in [-0.3, -0.25) is 14.9 Å². The summed E-state index contributed by atoms with van der Waals surface area (Å²) >= 11 is 0. The summed E-state index contributed by atoms with van der Waals surface area (Å²) in [4.78, 5) is 42.7. The standard InChI is InChI=1S/C25H31N3O4/c1-17-10-8-13-19(16-17)27(5)22(29)21-23(30)28(24(31)32-25(2,3)4)20-14-7-6-11-18(20)12-9-15-26-21/h6-8,10-11,13-14,16,21,26H,9,12,15H2,1-5H3. The molecule has 0 spiro atoms. The highest BCUT2D eigenvalue weighted by Crippen LogP contribution is 2.27. The number of amides is 3. The van der Waals surface area contributed by atoms with Crippen LogP contribution in [0.5, 0.6) is 0 Å². The molecule has 7 nitrogen and oxygen atoms in total. The summed E-state index contributed by atoms with van der Waals surface area (Å²) in [6.07, 6.45) is 0.573. The lowest BCUT2D eigenvalue weighted by atomic mass is 10.1. The Morgan fingerprint density at radius 1 is 1.12 bits per heavy atom. The van der Waals surface area contributed by atoms with Crippen LogP contribution in [-0.4, -0.2) is 43.1 Å². The average molecular weight is 438 g/mol. The van der Waals surface area contributed by atoms with E-state index in [1.165, 1.54) is 4.90 Å². The monoisotopic (exact) mass is 437 g/mol. The number of benzene rings is 2. The van der Waals surface area contributed by atoms with Gasteiger partial charge in [0.05, 0.1) is 5.69 Å². The van der Waals surface area contributed by atoms with E-state index in [9.17, 15) is 14.4 Å². The highest BCUT2D eigenvalue weighted by Gasteiger charge is 2.39. The molecule has 0 radical (unpaired) electrons. The van der Waals surface area contributed by atoms with Gasteiger partial charge in [-0.25, -0.2) is 9.69 Å². The molecule has 0 aliphatic carbocycles. The van der Waals surface area contributed by atoms with Crippen molar-refractivity contribution in [2.75, 3.05) is 23.4 Å². The van der Waals surface area contributed by atoms with Gasteiger partial charge in [-0.2, -0.15) is 0 Å². The minimum atomic E-state index is -1.22. The third-order valence-electron chi connectivity index (χ3n) is 5.21. The molecular weight excluding hydrogens is 406 g/mol. The second-order valence-corrected chi connectivity index (χ2v) is 9.01. The molecule has 32 heavy (non-hydrogen) atoms. The van der Waals surface area contributed by atoms with Crippen molar-refractivity contribution in [3.63, 3.8) is 0 Å². The average Bonchev–Trinajstić information content (AvgIpc) is 2.79. The normalized spacial score (nSPS) is 17.0. The van der Waals surface area contributed by atoms with Gasteiger partial charge in [-0.05, 0) is 76.4 Å². The number of anilines is 2. The lowest BCUT2D eigenvalue weighted by Crippen LogP contribution is -2.57. The lowest BCUT2D eigenvalue weighted by Gasteiger charge is -2.30. The molecule has 1 N–H and O–H groups in total. The highest BCUT2D eigenvalue weighted by atomic mass is 16.6. The van der Waals surface area contributed by atoms with Gasteiger partial charge in [-0.1, -0.05) is 30.3 Å². The maximum Gasteiger partial charge on any atom is 0.421 e. The van der Waals surface area contributed by atoms with Crippen LogP contribution in [0.1, 0.15) is 38.3 Å². The summed E-state index contributed by atoms with van der Waals surface area (Å²) < 4.78 is 5.54. The second-order valence-electron chi connectivity index (χ2n) is 9.01. The van der Waals surface area contributed by atoms with E-state index in [1.807, 2.05) is 43.3 Å². The predicted molar refractivity (Wildman–Crippen MR) is 125 cm³/mol. The van der Waals surface area contributed by atoms with Gasteiger partial charge in [0.1, 0.15) is 5.60 Å². The van der Waals surface area contributed by atoms with Crippen molar-refractivity contribution in [3.8, 4) is 0 Å². The number of rotatable bonds is 2. The number of imide groups is 1. The number of nitrogens with one attached hydrogen (secondary N) is 1. The van der Waals surface area contributed by atoms with Gasteiger partial charge in [0.2, 0.25) is 0 Å². The van der Waals surface area contributed by atoms with Crippen LogP contribution in [-0.2, 0) is 20.7 Å². The Balaban J connectivity index is 2.01. The maximum absolute atomic E-state index is 13.7. The number of ether oxygens (including phenoxy) is 1. The fourth-order valence-corrected chi connectivity index (χ4v) is 3.65. The lowest BCUT2D eigenvalue weighted by molar-refractivity contribution is -0.129. The molecule has 7 heteroatoms. The fraction of sp³-hybridized carbons (Fsp3) is 0.400. The Labute approximate surface area is 189 Å². The number of fused-ring (bicyclic) bond motifs is 1. The molecule has 1 unspecified atom stereocenters. The van der Waals surface area contributed by atoms with Crippen LogP contribution < -0.4 is 15.1 Å². The zero-order valence-corrected chi connectivity index (χ0v) is 19.3. The Bertz CT molecular complexity index is 1010. The van der Waals surface area contributed by atoms with Crippen LogP contribution in [0.15, 0.2) is 48.5 Å². The van der Waals surface area contributed by atoms with E-state index in [-0.39, 0.29) is 0 Å². The largest absolute Gasteiger partial charge is 0.443 e. The van der Waals surface area contributed by atoms with Crippen molar-refractivity contribution >= 4 is 29.3 Å². The second kappa shape index (κ2) is 9.53. The van der Waals surface area contributed by atoms with Crippen LogP contribution >= 0.6 is 0 Å². The van der Waals surface area contributed by atoms with Crippen molar-refractivity contribution in [2.45, 2.75) is 52.2 Å². The molecule has 1 aliphatic heterocycles. The van der Waals surface area contributed by atoms with E-state index in [2.05, 4.69) is 5.32 Å². The van der Waals surface area contributed by atoms with Crippen molar-refractivity contribution in [1.82, 2.24) is 5.32 Å². The van der Waals surface area contributed by atoms with Gasteiger partial charge in [0, 0.05) is 12.7 Å². The van der Waals surface area contributed by atoms with Gasteiger partial charge >= 0.3 is 6.09 Å². The molecule has 0 aromatic heterocycles. The summed E-state index contributed by atoms with van der Waals surface area (Å²) in [7, 11) is 1.63. The molecule has 2 aromatic rings. The van der Waals surface area contributed by atoms with Crippen molar-refractivity contribution in [2.24, 2.45) is 0 Å². The van der Waals surface area contributed by atoms with Gasteiger partial charge in [0.15, 0.2) is 6.04 Å². The summed E-state index contributed by atoms with van der Waals surface area (Å²) in [5.41, 5.74) is 2.18. The molecule has 0 fully saturated rings. The molecule has 1 aliphatic rings.